The van der Waals surface area contributed by atoms with E-state index in [9.17, 15) is 18.0 Å². The third-order valence-corrected chi connectivity index (χ3v) is 5.86. The summed E-state index contributed by atoms with van der Waals surface area (Å²) in [6.07, 6.45) is -2.17. The summed E-state index contributed by atoms with van der Waals surface area (Å²) < 4.78 is 40.8. The molecule has 0 saturated carbocycles. The molecule has 0 aliphatic carbocycles. The van der Waals surface area contributed by atoms with E-state index in [0.717, 1.165) is 30.7 Å². The quantitative estimate of drug-likeness (QED) is 0.692. The Kier molecular flexibility index (Phi) is 6.94. The molecule has 1 aromatic carbocycles. The molecule has 9 heteroatoms. The highest BCUT2D eigenvalue weighted by Crippen LogP contribution is 2.32. The van der Waals surface area contributed by atoms with E-state index in [1.807, 2.05) is 20.8 Å². The molecule has 1 N–H and O–H groups in total. The number of carbonyl (C=O) groups excluding carboxylic acids is 1. The molecule has 32 heavy (non-hydrogen) atoms. The van der Waals surface area contributed by atoms with Crippen LogP contribution in [0.5, 0.6) is 0 Å². The molecular formula is C23H28F3N5O. The molecule has 1 atom stereocenters. The van der Waals surface area contributed by atoms with Gasteiger partial charge in [-0.3, -0.25) is 9.48 Å². The number of nitriles is 1. The van der Waals surface area contributed by atoms with E-state index in [-0.39, 0.29) is 24.0 Å². The van der Waals surface area contributed by atoms with Crippen LogP contribution in [0.4, 0.5) is 13.2 Å². The molecule has 0 spiro atoms. The fourth-order valence-electron chi connectivity index (χ4n) is 3.82. The van der Waals surface area contributed by atoms with Gasteiger partial charge >= 0.3 is 6.18 Å². The van der Waals surface area contributed by atoms with Gasteiger partial charge in [0.25, 0.3) is 0 Å². The Morgan fingerprint density at radius 3 is 2.75 bits per heavy atom. The summed E-state index contributed by atoms with van der Waals surface area (Å²) in [5.41, 5.74) is 0.687. The van der Waals surface area contributed by atoms with Crippen LogP contribution >= 0.6 is 0 Å². The maximum Gasteiger partial charge on any atom is 0.416 e. The summed E-state index contributed by atoms with van der Waals surface area (Å²) in [6, 6.07) is 8.76. The van der Waals surface area contributed by atoms with Gasteiger partial charge in [-0.2, -0.15) is 23.5 Å². The van der Waals surface area contributed by atoms with Crippen molar-refractivity contribution in [2.45, 2.75) is 64.3 Å². The van der Waals surface area contributed by atoms with Gasteiger partial charge in [-0.25, -0.2) is 0 Å². The minimum absolute atomic E-state index is 0.0794. The van der Waals surface area contributed by atoms with Crippen LogP contribution < -0.4 is 5.32 Å². The monoisotopic (exact) mass is 447 g/mol. The molecule has 1 fully saturated rings. The molecule has 3 rings (SSSR count). The highest BCUT2D eigenvalue weighted by Gasteiger charge is 2.31. The van der Waals surface area contributed by atoms with E-state index in [0.29, 0.717) is 30.8 Å². The normalized spacial score (nSPS) is 16.9. The van der Waals surface area contributed by atoms with Crippen molar-refractivity contribution in [1.82, 2.24) is 20.0 Å². The predicted octanol–water partition coefficient (Wildman–Crippen LogP) is 4.15. The molecule has 1 amide bonds. The Hall–Kier alpha value is -2.86. The molecule has 0 radical (unpaired) electrons. The van der Waals surface area contributed by atoms with Crippen LogP contribution in [0.25, 0.3) is 11.3 Å². The summed E-state index contributed by atoms with van der Waals surface area (Å²) in [6.45, 7) is 7.15. The van der Waals surface area contributed by atoms with Crippen LogP contribution in [-0.4, -0.2) is 45.3 Å². The Balaban J connectivity index is 1.60. The number of aryl methyl sites for hydroxylation is 2. The van der Waals surface area contributed by atoms with Crippen molar-refractivity contribution in [2.24, 2.45) is 0 Å². The second-order valence-corrected chi connectivity index (χ2v) is 8.83. The number of hydrogen-bond acceptors (Lipinski definition) is 4. The van der Waals surface area contributed by atoms with E-state index in [4.69, 9.17) is 5.26 Å². The van der Waals surface area contributed by atoms with Crippen LogP contribution in [0.3, 0.4) is 0 Å². The lowest BCUT2D eigenvalue weighted by Gasteiger charge is -2.28. The number of alkyl halides is 3. The molecule has 0 bridgehead atoms. The molecule has 2 heterocycles. The number of likely N-dealkylation sites (tertiary alicyclic amines) is 1. The molecule has 1 aromatic heterocycles. The Morgan fingerprint density at radius 1 is 1.31 bits per heavy atom. The molecule has 1 aliphatic heterocycles. The van der Waals surface area contributed by atoms with Crippen molar-refractivity contribution in [2.75, 3.05) is 13.1 Å². The number of amides is 1. The maximum absolute atomic E-state index is 13.0. The number of rotatable bonds is 7. The van der Waals surface area contributed by atoms with E-state index in [1.165, 1.54) is 6.07 Å². The number of carbonyl (C=O) groups is 1. The Labute approximate surface area is 186 Å². The van der Waals surface area contributed by atoms with Gasteiger partial charge in [0.05, 0.1) is 23.9 Å². The lowest BCUT2D eigenvalue weighted by Crippen LogP contribution is -2.48. The van der Waals surface area contributed by atoms with Gasteiger partial charge in [0, 0.05) is 29.9 Å². The average molecular weight is 448 g/mol. The van der Waals surface area contributed by atoms with Crippen LogP contribution in [-0.2, 0) is 17.5 Å². The smallest absolute Gasteiger partial charge is 0.326 e. The highest BCUT2D eigenvalue weighted by molar-refractivity contribution is 5.79. The molecule has 2 aromatic rings. The standard InChI is InChI=1S/C23H28F3N5O/c1-16-12-20(17-6-4-7-18(13-17)23(24,25)26)29-31(16)11-9-22(2,3)28-15-21(32)30-10-5-8-19(30)14-27/h4,6-7,12-13,19,28H,5,8-11,15H2,1-3H3/t19-/m0/s1. The van der Waals surface area contributed by atoms with E-state index in [2.05, 4.69) is 16.5 Å². The SMILES string of the molecule is Cc1cc(-c2cccc(C(F)(F)F)c2)nn1CCC(C)(C)NCC(=O)N1CCC[C@H]1C#N. The summed E-state index contributed by atoms with van der Waals surface area (Å²) in [4.78, 5) is 14.1. The van der Waals surface area contributed by atoms with Crippen LogP contribution in [0.1, 0.15) is 44.4 Å². The fraction of sp³-hybridized carbons (Fsp3) is 0.522. The number of halogens is 3. The lowest BCUT2D eigenvalue weighted by atomic mass is 10.0. The summed E-state index contributed by atoms with van der Waals surface area (Å²) in [5, 5.41) is 16.9. The topological polar surface area (TPSA) is 74.0 Å². The molecule has 172 valence electrons. The first-order valence-corrected chi connectivity index (χ1v) is 10.7. The van der Waals surface area contributed by atoms with Crippen LogP contribution in [0.15, 0.2) is 30.3 Å². The summed E-state index contributed by atoms with van der Waals surface area (Å²) in [5.74, 6) is -0.0794. The zero-order valence-electron chi connectivity index (χ0n) is 18.5. The van der Waals surface area contributed by atoms with Gasteiger partial charge in [0.1, 0.15) is 6.04 Å². The van der Waals surface area contributed by atoms with Gasteiger partial charge in [-0.1, -0.05) is 12.1 Å². The highest BCUT2D eigenvalue weighted by atomic mass is 19.4. The van der Waals surface area contributed by atoms with Crippen molar-refractivity contribution in [3.63, 3.8) is 0 Å². The van der Waals surface area contributed by atoms with Crippen molar-refractivity contribution in [1.29, 1.82) is 5.26 Å². The second kappa shape index (κ2) is 9.33. The lowest BCUT2D eigenvalue weighted by molar-refractivity contribution is -0.137. The first-order valence-electron chi connectivity index (χ1n) is 10.7. The van der Waals surface area contributed by atoms with Gasteiger partial charge < -0.3 is 10.2 Å². The van der Waals surface area contributed by atoms with Crippen molar-refractivity contribution in [3.05, 3.63) is 41.6 Å². The first kappa shape index (κ1) is 23.8. The maximum atomic E-state index is 13.0. The minimum Gasteiger partial charge on any atom is -0.326 e. The number of hydrogen-bond donors (Lipinski definition) is 1. The van der Waals surface area contributed by atoms with E-state index in [1.54, 1.807) is 21.7 Å². The van der Waals surface area contributed by atoms with Crippen LogP contribution in [0.2, 0.25) is 0 Å². The second-order valence-electron chi connectivity index (χ2n) is 8.83. The largest absolute Gasteiger partial charge is 0.416 e. The molecule has 6 nitrogen and oxygen atoms in total. The molecule has 1 saturated heterocycles. The third-order valence-electron chi connectivity index (χ3n) is 5.86. The first-order chi connectivity index (χ1) is 15.0. The van der Waals surface area contributed by atoms with Gasteiger partial charge in [0.2, 0.25) is 5.91 Å². The average Bonchev–Trinajstić information content (AvgIpc) is 3.36. The van der Waals surface area contributed by atoms with E-state index < -0.39 is 11.7 Å². The van der Waals surface area contributed by atoms with Crippen molar-refractivity contribution < 1.29 is 18.0 Å². The molecule has 0 unspecified atom stereocenters. The Bertz CT molecular complexity index is 1010. The van der Waals surface area contributed by atoms with Gasteiger partial charge in [-0.05, 0) is 58.2 Å². The predicted molar refractivity (Wildman–Crippen MR) is 114 cm³/mol. The Morgan fingerprint density at radius 2 is 2.06 bits per heavy atom. The summed E-state index contributed by atoms with van der Waals surface area (Å²) >= 11 is 0. The zero-order chi connectivity index (χ0) is 23.5. The number of nitrogens with zero attached hydrogens (tertiary/aromatic N) is 4. The number of nitrogens with one attached hydrogen (secondary N) is 1. The minimum atomic E-state index is -4.40. The van der Waals surface area contributed by atoms with Crippen molar-refractivity contribution >= 4 is 5.91 Å². The zero-order valence-corrected chi connectivity index (χ0v) is 18.5. The van der Waals surface area contributed by atoms with Gasteiger partial charge in [0.15, 0.2) is 0 Å². The molecular weight excluding hydrogens is 419 g/mol. The third kappa shape index (κ3) is 5.68. The molecule has 1 aliphatic rings. The van der Waals surface area contributed by atoms with Crippen molar-refractivity contribution in [3.8, 4) is 17.3 Å². The van der Waals surface area contributed by atoms with E-state index >= 15 is 0 Å². The summed E-state index contributed by atoms with van der Waals surface area (Å²) in [7, 11) is 0. The number of aromatic nitrogens is 2. The fourth-order valence-corrected chi connectivity index (χ4v) is 3.82. The number of benzene rings is 1. The van der Waals surface area contributed by atoms with Crippen LogP contribution in [0, 0.1) is 18.3 Å². The van der Waals surface area contributed by atoms with Gasteiger partial charge in [-0.15, -0.1) is 0 Å².